The lowest BCUT2D eigenvalue weighted by molar-refractivity contribution is 0.159. The van der Waals surface area contributed by atoms with E-state index in [4.69, 9.17) is 10.5 Å². The van der Waals surface area contributed by atoms with Crippen LogP contribution in [0, 0.1) is 11.8 Å². The standard InChI is InChI=1S/C13H28N2O/c1-11-5-6-12(8-11)9-15-13(10-16-2)4-3-7-14/h11-13,15H,3-10,14H2,1-2H3. The van der Waals surface area contributed by atoms with E-state index in [2.05, 4.69) is 12.2 Å². The molecule has 3 atom stereocenters. The summed E-state index contributed by atoms with van der Waals surface area (Å²) in [5.41, 5.74) is 5.54. The molecule has 1 rings (SSSR count). The van der Waals surface area contributed by atoms with E-state index < -0.39 is 0 Å². The average molecular weight is 228 g/mol. The first kappa shape index (κ1) is 13.9. The Bertz CT molecular complexity index is 175. The van der Waals surface area contributed by atoms with E-state index in [9.17, 15) is 0 Å². The van der Waals surface area contributed by atoms with Crippen molar-refractivity contribution in [3.05, 3.63) is 0 Å². The number of nitrogens with two attached hydrogens (primary N) is 1. The van der Waals surface area contributed by atoms with Crippen LogP contribution in [-0.4, -0.2) is 32.8 Å². The largest absolute Gasteiger partial charge is 0.383 e. The molecule has 0 saturated heterocycles. The van der Waals surface area contributed by atoms with Crippen LogP contribution in [0.25, 0.3) is 0 Å². The van der Waals surface area contributed by atoms with Gasteiger partial charge in [0.1, 0.15) is 0 Å². The third-order valence-electron chi connectivity index (χ3n) is 3.62. The molecular formula is C13H28N2O. The molecule has 16 heavy (non-hydrogen) atoms. The number of hydrogen-bond donors (Lipinski definition) is 2. The zero-order valence-corrected chi connectivity index (χ0v) is 10.9. The van der Waals surface area contributed by atoms with Crippen molar-refractivity contribution in [1.82, 2.24) is 5.32 Å². The minimum absolute atomic E-state index is 0.490. The number of hydrogen-bond acceptors (Lipinski definition) is 3. The minimum atomic E-state index is 0.490. The van der Waals surface area contributed by atoms with Crippen LogP contribution >= 0.6 is 0 Å². The molecule has 0 spiro atoms. The maximum Gasteiger partial charge on any atom is 0.0615 e. The number of methoxy groups -OCH3 is 1. The van der Waals surface area contributed by atoms with Crippen LogP contribution in [0.3, 0.4) is 0 Å². The van der Waals surface area contributed by atoms with E-state index in [1.807, 2.05) is 0 Å². The summed E-state index contributed by atoms with van der Waals surface area (Å²) in [5, 5.41) is 3.64. The summed E-state index contributed by atoms with van der Waals surface area (Å²) in [6.07, 6.45) is 6.41. The molecule has 0 aromatic rings. The molecule has 1 saturated carbocycles. The van der Waals surface area contributed by atoms with Gasteiger partial charge in [-0.2, -0.15) is 0 Å². The first-order valence-electron chi connectivity index (χ1n) is 6.68. The van der Waals surface area contributed by atoms with Crippen LogP contribution in [0.4, 0.5) is 0 Å². The van der Waals surface area contributed by atoms with E-state index in [1.54, 1.807) is 7.11 Å². The second-order valence-corrected chi connectivity index (χ2v) is 5.28. The van der Waals surface area contributed by atoms with Crippen LogP contribution < -0.4 is 11.1 Å². The summed E-state index contributed by atoms with van der Waals surface area (Å²) >= 11 is 0. The predicted molar refractivity (Wildman–Crippen MR) is 68.5 cm³/mol. The molecule has 0 aromatic heterocycles. The Morgan fingerprint density at radius 2 is 2.25 bits per heavy atom. The molecule has 3 heteroatoms. The first-order valence-corrected chi connectivity index (χ1v) is 6.68. The van der Waals surface area contributed by atoms with E-state index >= 15 is 0 Å². The number of nitrogens with one attached hydrogen (secondary N) is 1. The van der Waals surface area contributed by atoms with Crippen LogP contribution in [0.2, 0.25) is 0 Å². The average Bonchev–Trinajstić information content (AvgIpc) is 2.68. The molecule has 0 bridgehead atoms. The SMILES string of the molecule is COCC(CCCN)NCC1CCC(C)C1. The Morgan fingerprint density at radius 1 is 1.44 bits per heavy atom. The monoisotopic (exact) mass is 228 g/mol. The summed E-state index contributed by atoms with van der Waals surface area (Å²) in [4.78, 5) is 0. The highest BCUT2D eigenvalue weighted by atomic mass is 16.5. The second-order valence-electron chi connectivity index (χ2n) is 5.28. The zero-order valence-electron chi connectivity index (χ0n) is 10.9. The normalized spacial score (nSPS) is 27.2. The van der Waals surface area contributed by atoms with Gasteiger partial charge in [-0.1, -0.05) is 13.3 Å². The second kappa shape index (κ2) is 8.04. The fourth-order valence-electron chi connectivity index (χ4n) is 2.65. The topological polar surface area (TPSA) is 47.3 Å². The lowest BCUT2D eigenvalue weighted by Crippen LogP contribution is -2.36. The van der Waals surface area contributed by atoms with Gasteiger partial charge in [0.2, 0.25) is 0 Å². The van der Waals surface area contributed by atoms with E-state index in [0.29, 0.717) is 6.04 Å². The highest BCUT2D eigenvalue weighted by Gasteiger charge is 2.21. The summed E-state index contributed by atoms with van der Waals surface area (Å²) < 4.78 is 5.23. The van der Waals surface area contributed by atoms with Gasteiger partial charge >= 0.3 is 0 Å². The summed E-state index contributed by atoms with van der Waals surface area (Å²) in [6.45, 7) is 5.11. The van der Waals surface area contributed by atoms with Gasteiger partial charge < -0.3 is 15.8 Å². The van der Waals surface area contributed by atoms with Crippen molar-refractivity contribution < 1.29 is 4.74 Å². The maximum atomic E-state index is 5.54. The Kier molecular flexibility index (Phi) is 7.01. The van der Waals surface area contributed by atoms with Gasteiger partial charge in [-0.15, -0.1) is 0 Å². The van der Waals surface area contributed by atoms with Gasteiger partial charge in [0.25, 0.3) is 0 Å². The van der Waals surface area contributed by atoms with Gasteiger partial charge in [0.15, 0.2) is 0 Å². The van der Waals surface area contributed by atoms with Crippen molar-refractivity contribution in [2.24, 2.45) is 17.6 Å². The molecule has 0 amide bonds. The predicted octanol–water partition coefficient (Wildman–Crippen LogP) is 1.77. The Labute approximate surface area is 100 Å². The van der Waals surface area contributed by atoms with Crippen LogP contribution in [0.1, 0.15) is 39.0 Å². The summed E-state index contributed by atoms with van der Waals surface area (Å²) in [6, 6.07) is 0.490. The molecule has 0 radical (unpaired) electrons. The lowest BCUT2D eigenvalue weighted by atomic mass is 10.1. The van der Waals surface area contributed by atoms with Gasteiger partial charge in [-0.05, 0) is 50.6 Å². The quantitative estimate of drug-likeness (QED) is 0.665. The Hall–Kier alpha value is -0.120. The molecule has 1 aliphatic carbocycles. The molecule has 1 fully saturated rings. The highest BCUT2D eigenvalue weighted by Crippen LogP contribution is 2.29. The Morgan fingerprint density at radius 3 is 2.81 bits per heavy atom. The van der Waals surface area contributed by atoms with Gasteiger partial charge in [-0.3, -0.25) is 0 Å². The van der Waals surface area contributed by atoms with Crippen molar-refractivity contribution in [3.63, 3.8) is 0 Å². The smallest absolute Gasteiger partial charge is 0.0615 e. The molecule has 3 nitrogen and oxygen atoms in total. The van der Waals surface area contributed by atoms with Gasteiger partial charge in [0.05, 0.1) is 6.61 Å². The van der Waals surface area contributed by atoms with Crippen LogP contribution in [0.15, 0.2) is 0 Å². The summed E-state index contributed by atoms with van der Waals surface area (Å²) in [7, 11) is 1.77. The molecule has 0 heterocycles. The van der Waals surface area contributed by atoms with E-state index in [1.165, 1.54) is 19.3 Å². The lowest BCUT2D eigenvalue weighted by Gasteiger charge is -2.20. The van der Waals surface area contributed by atoms with E-state index in [0.717, 1.165) is 44.4 Å². The van der Waals surface area contributed by atoms with Crippen molar-refractivity contribution in [2.75, 3.05) is 26.8 Å². The van der Waals surface area contributed by atoms with Crippen LogP contribution in [-0.2, 0) is 4.74 Å². The van der Waals surface area contributed by atoms with E-state index in [-0.39, 0.29) is 0 Å². The minimum Gasteiger partial charge on any atom is -0.383 e. The Balaban J connectivity index is 2.15. The number of ether oxygens (including phenoxy) is 1. The van der Waals surface area contributed by atoms with Crippen molar-refractivity contribution >= 4 is 0 Å². The fraction of sp³-hybridized carbons (Fsp3) is 1.00. The summed E-state index contributed by atoms with van der Waals surface area (Å²) in [5.74, 6) is 1.81. The van der Waals surface area contributed by atoms with Gasteiger partial charge in [0, 0.05) is 13.2 Å². The third kappa shape index (κ3) is 5.28. The molecule has 3 unspecified atom stereocenters. The van der Waals surface area contributed by atoms with Crippen LogP contribution in [0.5, 0.6) is 0 Å². The van der Waals surface area contributed by atoms with Crippen molar-refractivity contribution in [1.29, 1.82) is 0 Å². The molecule has 3 N–H and O–H groups in total. The number of rotatable bonds is 8. The molecule has 96 valence electrons. The van der Waals surface area contributed by atoms with Crippen molar-refractivity contribution in [2.45, 2.75) is 45.1 Å². The fourth-order valence-corrected chi connectivity index (χ4v) is 2.65. The highest BCUT2D eigenvalue weighted by molar-refractivity contribution is 4.76. The maximum absolute atomic E-state index is 5.54. The molecule has 1 aliphatic rings. The van der Waals surface area contributed by atoms with Crippen molar-refractivity contribution in [3.8, 4) is 0 Å². The molecular weight excluding hydrogens is 200 g/mol. The van der Waals surface area contributed by atoms with Gasteiger partial charge in [-0.25, -0.2) is 0 Å². The first-order chi connectivity index (χ1) is 7.76. The molecule has 0 aromatic carbocycles. The molecule has 0 aliphatic heterocycles. The third-order valence-corrected chi connectivity index (χ3v) is 3.62. The zero-order chi connectivity index (χ0) is 11.8.